The molecule has 1 atom stereocenters. The van der Waals surface area contributed by atoms with Crippen LogP contribution in [0.1, 0.15) is 6.92 Å². The highest BCUT2D eigenvalue weighted by molar-refractivity contribution is 8.79. The Labute approximate surface area is 62.9 Å². The van der Waals surface area contributed by atoms with Gasteiger partial charge in [0.25, 0.3) is 0 Å². The van der Waals surface area contributed by atoms with Crippen LogP contribution in [0.3, 0.4) is 0 Å². The summed E-state index contributed by atoms with van der Waals surface area (Å²) in [7, 11) is 14.0. The molecule has 0 heterocycles. The van der Waals surface area contributed by atoms with Crippen LogP contribution in [0.15, 0.2) is 0 Å². The third kappa shape index (κ3) is 4.04. The van der Waals surface area contributed by atoms with Crippen LogP contribution < -0.4 is 0 Å². The molecule has 0 bridgehead atoms. The lowest BCUT2D eigenvalue weighted by atomic mass is 11.0. The first kappa shape index (κ1) is 8.51. The minimum Gasteiger partial charge on any atom is -0.109 e. The molecule has 1 unspecified atom stereocenters. The molecular weight excluding hydrogens is 198 g/mol. The predicted octanol–water partition coefficient (Wildman–Crippen LogP) is 3.84. The van der Waals surface area contributed by atoms with E-state index in [4.69, 9.17) is 43.6 Å². The zero-order valence-corrected chi connectivity index (χ0v) is 7.34. The SMILES string of the molecule is CC(Cl)S(Cl)(Cl)Cl. The van der Waals surface area contributed by atoms with Gasteiger partial charge in [-0.1, -0.05) is 0 Å². The van der Waals surface area contributed by atoms with Crippen molar-refractivity contribution in [3.05, 3.63) is 0 Å². The van der Waals surface area contributed by atoms with Gasteiger partial charge in [-0.05, 0) is 39.0 Å². The minimum atomic E-state index is -2.06. The number of hydrogen-bond donors (Lipinski definition) is 0. The van der Waals surface area contributed by atoms with E-state index in [2.05, 4.69) is 0 Å². The molecule has 0 aromatic carbocycles. The van der Waals surface area contributed by atoms with Crippen molar-refractivity contribution in [3.8, 4) is 0 Å². The fraction of sp³-hybridized carbons (Fsp3) is 1.00. The van der Waals surface area contributed by atoms with Crippen LogP contribution in [0.5, 0.6) is 0 Å². The summed E-state index contributed by atoms with van der Waals surface area (Å²) in [5, 5.41) is 0. The van der Waals surface area contributed by atoms with Crippen LogP contribution in [0.4, 0.5) is 0 Å². The van der Waals surface area contributed by atoms with Crippen LogP contribution in [0.25, 0.3) is 0 Å². The Kier molecular flexibility index (Phi) is 3.50. The largest absolute Gasteiger partial charge is 0.109 e. The molecule has 0 rings (SSSR count). The van der Waals surface area contributed by atoms with Gasteiger partial charge in [0.05, 0.1) is 4.71 Å². The second-order valence-electron chi connectivity index (χ2n) is 0.985. The summed E-state index contributed by atoms with van der Waals surface area (Å²) in [5.41, 5.74) is 0. The second kappa shape index (κ2) is 2.88. The summed E-state index contributed by atoms with van der Waals surface area (Å²) < 4.78 is -0.350. The summed E-state index contributed by atoms with van der Waals surface area (Å²) >= 11 is 5.40. The van der Waals surface area contributed by atoms with Crippen molar-refractivity contribution in [2.75, 3.05) is 0 Å². The molecule has 0 fully saturated rings. The van der Waals surface area contributed by atoms with Gasteiger partial charge < -0.3 is 0 Å². The van der Waals surface area contributed by atoms with Crippen molar-refractivity contribution in [2.45, 2.75) is 11.6 Å². The smallest absolute Gasteiger partial charge is 0.0989 e. The second-order valence-corrected chi connectivity index (χ2v) is 9.29. The van der Waals surface area contributed by atoms with Gasteiger partial charge in [-0.25, -0.2) is 0 Å². The van der Waals surface area contributed by atoms with Gasteiger partial charge in [0.1, 0.15) is 0 Å². The van der Waals surface area contributed by atoms with Gasteiger partial charge in [0.2, 0.25) is 0 Å². The number of alkyl halides is 1. The van der Waals surface area contributed by atoms with E-state index in [-0.39, 0.29) is 4.71 Å². The Morgan fingerprint density at radius 1 is 1.29 bits per heavy atom. The molecular formula is C2H4Cl4S. The average molecular weight is 202 g/mol. The molecule has 0 spiro atoms. The first-order chi connectivity index (χ1) is 2.94. The first-order valence-corrected chi connectivity index (χ1v) is 6.11. The van der Waals surface area contributed by atoms with E-state index in [1.807, 2.05) is 0 Å². The summed E-state index contributed by atoms with van der Waals surface area (Å²) in [6.45, 7) is 1.66. The lowest BCUT2D eigenvalue weighted by molar-refractivity contribution is 1.41. The average Bonchev–Trinajstić information content (AvgIpc) is 1.31. The van der Waals surface area contributed by atoms with Gasteiger partial charge in [0, 0.05) is 7.67 Å². The summed E-state index contributed by atoms with van der Waals surface area (Å²) in [4.78, 5) is 0. The highest BCUT2D eigenvalue weighted by Gasteiger charge is 2.19. The van der Waals surface area contributed by atoms with Crippen LogP contribution >= 0.6 is 51.3 Å². The predicted molar refractivity (Wildman–Crippen MR) is 40.5 cm³/mol. The fourth-order valence-electron chi connectivity index (χ4n) is 0. The van der Waals surface area contributed by atoms with Crippen molar-refractivity contribution in [1.29, 1.82) is 0 Å². The van der Waals surface area contributed by atoms with Crippen LogP contribution in [-0.2, 0) is 0 Å². The van der Waals surface area contributed by atoms with Crippen molar-refractivity contribution in [1.82, 2.24) is 0 Å². The normalized spacial score (nSPS) is 19.0. The summed E-state index contributed by atoms with van der Waals surface area (Å²) in [6, 6.07) is 0. The third-order valence-electron chi connectivity index (χ3n) is 0.368. The maximum atomic E-state index is 5.40. The topological polar surface area (TPSA) is 0 Å². The van der Waals surface area contributed by atoms with E-state index in [1.54, 1.807) is 6.92 Å². The van der Waals surface area contributed by atoms with E-state index in [0.717, 1.165) is 0 Å². The number of halogens is 4. The zero-order chi connectivity index (χ0) is 6.08. The molecule has 0 radical (unpaired) electrons. The molecule has 0 nitrogen and oxygen atoms in total. The molecule has 0 saturated carbocycles. The minimum absolute atomic E-state index is 0.350. The Balaban J connectivity index is 3.54. The molecule has 46 valence electrons. The molecule has 0 aliphatic heterocycles. The lowest BCUT2D eigenvalue weighted by Crippen LogP contribution is -1.85. The van der Waals surface area contributed by atoms with E-state index in [9.17, 15) is 0 Å². The van der Waals surface area contributed by atoms with Crippen LogP contribution in [0, 0.1) is 0 Å². The standard InChI is InChI=1S/C2H4Cl4S/c1-2(3)7(4,5)6/h2H,1H3. The van der Waals surface area contributed by atoms with E-state index >= 15 is 0 Å². The summed E-state index contributed by atoms with van der Waals surface area (Å²) in [6.07, 6.45) is 0. The van der Waals surface area contributed by atoms with Gasteiger partial charge in [-0.15, -0.1) is 11.6 Å². The molecule has 0 N–H and O–H groups in total. The Morgan fingerprint density at radius 2 is 1.43 bits per heavy atom. The van der Waals surface area contributed by atoms with Crippen molar-refractivity contribution in [3.63, 3.8) is 0 Å². The molecule has 0 aromatic heterocycles. The monoisotopic (exact) mass is 200 g/mol. The molecule has 0 aliphatic rings. The molecule has 0 saturated heterocycles. The Hall–Kier alpha value is 1.51. The molecule has 0 aromatic rings. The Morgan fingerprint density at radius 3 is 1.43 bits per heavy atom. The number of hydrogen-bond acceptors (Lipinski definition) is 0. The fourth-order valence-corrected chi connectivity index (χ4v) is 0. The lowest BCUT2D eigenvalue weighted by Gasteiger charge is -2.16. The van der Waals surface area contributed by atoms with Crippen molar-refractivity contribution in [2.24, 2.45) is 0 Å². The highest BCUT2D eigenvalue weighted by atomic mass is 36.2. The quantitative estimate of drug-likeness (QED) is 0.566. The van der Waals surface area contributed by atoms with Crippen molar-refractivity contribution < 1.29 is 0 Å². The van der Waals surface area contributed by atoms with Crippen LogP contribution in [0.2, 0.25) is 0 Å². The van der Waals surface area contributed by atoms with Crippen LogP contribution in [-0.4, -0.2) is 4.71 Å². The van der Waals surface area contributed by atoms with Gasteiger partial charge in [-0.2, -0.15) is 0 Å². The maximum absolute atomic E-state index is 5.40. The third-order valence-corrected chi connectivity index (χ3v) is 5.13. The molecule has 0 aliphatic carbocycles. The first-order valence-electron chi connectivity index (χ1n) is 1.49. The van der Waals surface area contributed by atoms with Gasteiger partial charge in [-0.3, -0.25) is 0 Å². The number of rotatable bonds is 1. The van der Waals surface area contributed by atoms with E-state index in [1.165, 1.54) is 0 Å². The van der Waals surface area contributed by atoms with Crippen molar-refractivity contribution >= 4 is 51.3 Å². The zero-order valence-electron chi connectivity index (χ0n) is 3.50. The molecule has 0 amide bonds. The van der Waals surface area contributed by atoms with E-state index < -0.39 is 7.67 Å². The maximum Gasteiger partial charge on any atom is 0.0989 e. The van der Waals surface area contributed by atoms with E-state index in [0.29, 0.717) is 0 Å². The molecule has 7 heavy (non-hydrogen) atoms. The molecule has 5 heteroatoms. The van der Waals surface area contributed by atoms with Gasteiger partial charge >= 0.3 is 0 Å². The summed E-state index contributed by atoms with van der Waals surface area (Å²) in [5.74, 6) is 0. The Bertz CT molecular complexity index is 55.2. The van der Waals surface area contributed by atoms with Gasteiger partial charge in [0.15, 0.2) is 0 Å². The highest BCUT2D eigenvalue weighted by Crippen LogP contribution is 2.67.